The molecule has 6 nitrogen and oxygen atoms in total. The lowest BCUT2D eigenvalue weighted by Gasteiger charge is -2.43. The number of carbonyl (C=O) groups is 2. The van der Waals surface area contributed by atoms with Crippen LogP contribution >= 0.6 is 0 Å². The highest BCUT2D eigenvalue weighted by Gasteiger charge is 2.38. The number of hydrogen-bond donors (Lipinski definition) is 2. The standard InChI is InChI=1S/C21H26N4O2/c1-14-11-16(12-23-18(14)22)24-19(26)20(27)25-13-21(2,3)10-9-17(25)15-7-5-4-6-8-15/h4-8,11-12,17H,9-10,13H2,1-3H3,(H2,22,23)(H,24,26)/t17-/m1/s1. The van der Waals surface area contributed by atoms with E-state index >= 15 is 0 Å². The van der Waals surface area contributed by atoms with E-state index in [9.17, 15) is 9.59 Å². The van der Waals surface area contributed by atoms with Crippen LogP contribution in [0, 0.1) is 12.3 Å². The predicted octanol–water partition coefficient (Wildman–Crippen LogP) is 3.30. The summed E-state index contributed by atoms with van der Waals surface area (Å²) in [5.41, 5.74) is 7.95. The van der Waals surface area contributed by atoms with Gasteiger partial charge in [-0.3, -0.25) is 9.59 Å². The summed E-state index contributed by atoms with van der Waals surface area (Å²) < 4.78 is 0. The number of likely N-dealkylation sites (tertiary alicyclic amines) is 1. The third kappa shape index (κ3) is 4.27. The van der Waals surface area contributed by atoms with Gasteiger partial charge in [0.25, 0.3) is 0 Å². The van der Waals surface area contributed by atoms with Crippen molar-refractivity contribution in [2.45, 2.75) is 39.7 Å². The van der Waals surface area contributed by atoms with Gasteiger partial charge in [0.2, 0.25) is 0 Å². The molecule has 1 fully saturated rings. The molecule has 1 aromatic heterocycles. The third-order valence-corrected chi connectivity index (χ3v) is 5.09. The number of hydrogen-bond acceptors (Lipinski definition) is 4. The van der Waals surface area contributed by atoms with E-state index in [1.165, 1.54) is 6.20 Å². The van der Waals surface area contributed by atoms with Crippen molar-refractivity contribution in [3.8, 4) is 0 Å². The minimum Gasteiger partial charge on any atom is -0.383 e. The van der Waals surface area contributed by atoms with E-state index in [0.717, 1.165) is 24.0 Å². The van der Waals surface area contributed by atoms with Crippen molar-refractivity contribution in [1.29, 1.82) is 0 Å². The molecule has 0 aliphatic carbocycles. The van der Waals surface area contributed by atoms with Gasteiger partial charge < -0.3 is 16.0 Å². The molecule has 0 bridgehead atoms. The van der Waals surface area contributed by atoms with Crippen LogP contribution in [0.5, 0.6) is 0 Å². The van der Waals surface area contributed by atoms with Crippen LogP contribution in [0.15, 0.2) is 42.6 Å². The Morgan fingerprint density at radius 1 is 1.26 bits per heavy atom. The molecule has 0 radical (unpaired) electrons. The summed E-state index contributed by atoms with van der Waals surface area (Å²) in [5, 5.41) is 2.66. The highest BCUT2D eigenvalue weighted by atomic mass is 16.2. The topological polar surface area (TPSA) is 88.3 Å². The number of aromatic nitrogens is 1. The Morgan fingerprint density at radius 3 is 2.63 bits per heavy atom. The van der Waals surface area contributed by atoms with Crippen LogP contribution in [0.1, 0.15) is 43.9 Å². The fourth-order valence-electron chi connectivity index (χ4n) is 3.54. The zero-order valence-electron chi connectivity index (χ0n) is 16.0. The first-order chi connectivity index (χ1) is 12.8. The average molecular weight is 366 g/mol. The largest absolute Gasteiger partial charge is 0.383 e. The molecule has 27 heavy (non-hydrogen) atoms. The Kier molecular flexibility index (Phi) is 5.17. The van der Waals surface area contributed by atoms with E-state index < -0.39 is 11.8 Å². The first-order valence-corrected chi connectivity index (χ1v) is 9.16. The van der Waals surface area contributed by atoms with Gasteiger partial charge in [-0.1, -0.05) is 44.2 Å². The highest BCUT2D eigenvalue weighted by Crippen LogP contribution is 2.39. The number of rotatable bonds is 2. The van der Waals surface area contributed by atoms with Gasteiger partial charge in [0.1, 0.15) is 5.82 Å². The summed E-state index contributed by atoms with van der Waals surface area (Å²) in [7, 11) is 0. The van der Waals surface area contributed by atoms with E-state index in [1.54, 1.807) is 17.9 Å². The molecule has 0 unspecified atom stereocenters. The number of amides is 2. The average Bonchev–Trinajstić information content (AvgIpc) is 2.64. The van der Waals surface area contributed by atoms with Crippen LogP contribution in [0.2, 0.25) is 0 Å². The number of aryl methyl sites for hydroxylation is 1. The van der Waals surface area contributed by atoms with Crippen LogP contribution < -0.4 is 11.1 Å². The minimum atomic E-state index is -0.653. The monoisotopic (exact) mass is 366 g/mol. The Bertz CT molecular complexity index is 849. The Hall–Kier alpha value is -2.89. The van der Waals surface area contributed by atoms with E-state index in [1.807, 2.05) is 30.3 Å². The smallest absolute Gasteiger partial charge is 0.313 e. The van der Waals surface area contributed by atoms with Gasteiger partial charge in [-0.15, -0.1) is 0 Å². The van der Waals surface area contributed by atoms with Crippen molar-refractivity contribution in [2.75, 3.05) is 17.6 Å². The molecule has 2 heterocycles. The second-order valence-corrected chi connectivity index (χ2v) is 7.94. The number of nitrogens with zero attached hydrogens (tertiary/aromatic N) is 2. The van der Waals surface area contributed by atoms with E-state index in [0.29, 0.717) is 18.1 Å². The van der Waals surface area contributed by atoms with Crippen molar-refractivity contribution >= 4 is 23.3 Å². The molecule has 1 saturated heterocycles. The van der Waals surface area contributed by atoms with Crippen molar-refractivity contribution in [1.82, 2.24) is 9.88 Å². The zero-order chi connectivity index (χ0) is 19.6. The Balaban J connectivity index is 1.81. The number of piperidine rings is 1. The quantitative estimate of drug-likeness (QED) is 0.798. The maximum atomic E-state index is 13.0. The van der Waals surface area contributed by atoms with Gasteiger partial charge in [-0.25, -0.2) is 4.98 Å². The summed E-state index contributed by atoms with van der Waals surface area (Å²) >= 11 is 0. The Morgan fingerprint density at radius 2 is 1.96 bits per heavy atom. The lowest BCUT2D eigenvalue weighted by molar-refractivity contribution is -0.147. The first-order valence-electron chi connectivity index (χ1n) is 9.16. The SMILES string of the molecule is Cc1cc(NC(=O)C(=O)N2CC(C)(C)CC[C@@H]2c2ccccc2)cnc1N. The number of anilines is 2. The van der Waals surface area contributed by atoms with Gasteiger partial charge >= 0.3 is 11.8 Å². The third-order valence-electron chi connectivity index (χ3n) is 5.09. The molecule has 142 valence electrons. The van der Waals surface area contributed by atoms with Gasteiger partial charge in [0.15, 0.2) is 0 Å². The van der Waals surface area contributed by atoms with E-state index in [4.69, 9.17) is 5.73 Å². The maximum Gasteiger partial charge on any atom is 0.313 e. The molecule has 6 heteroatoms. The molecule has 1 aromatic carbocycles. The number of nitrogens with one attached hydrogen (secondary N) is 1. The summed E-state index contributed by atoms with van der Waals surface area (Å²) in [6, 6.07) is 11.5. The number of benzene rings is 1. The Labute approximate surface area is 159 Å². The van der Waals surface area contributed by atoms with Crippen LogP contribution in [0.4, 0.5) is 11.5 Å². The lowest BCUT2D eigenvalue weighted by atomic mass is 9.79. The van der Waals surface area contributed by atoms with Crippen LogP contribution in [-0.4, -0.2) is 28.2 Å². The molecule has 0 saturated carbocycles. The predicted molar refractivity (Wildman–Crippen MR) is 106 cm³/mol. The number of carbonyl (C=O) groups excluding carboxylic acids is 2. The summed E-state index contributed by atoms with van der Waals surface area (Å²) in [6.07, 6.45) is 3.29. The van der Waals surface area contributed by atoms with E-state index in [2.05, 4.69) is 24.1 Å². The highest BCUT2D eigenvalue weighted by molar-refractivity contribution is 6.39. The maximum absolute atomic E-state index is 13.0. The molecular formula is C21H26N4O2. The molecule has 0 spiro atoms. The number of pyridine rings is 1. The van der Waals surface area contributed by atoms with Crippen molar-refractivity contribution < 1.29 is 9.59 Å². The molecule has 2 aromatic rings. The van der Waals surface area contributed by atoms with Crippen molar-refractivity contribution in [3.05, 3.63) is 53.7 Å². The van der Waals surface area contributed by atoms with Crippen molar-refractivity contribution in [2.24, 2.45) is 5.41 Å². The normalized spacial score (nSPS) is 18.8. The van der Waals surface area contributed by atoms with Crippen molar-refractivity contribution in [3.63, 3.8) is 0 Å². The summed E-state index contributed by atoms with van der Waals surface area (Å²) in [5.74, 6) is -0.771. The zero-order valence-corrected chi connectivity index (χ0v) is 16.0. The molecule has 1 atom stereocenters. The van der Waals surface area contributed by atoms with E-state index in [-0.39, 0.29) is 11.5 Å². The molecule has 3 rings (SSSR count). The first kappa shape index (κ1) is 18.9. The fraction of sp³-hybridized carbons (Fsp3) is 0.381. The van der Waals surface area contributed by atoms with Crippen LogP contribution in [-0.2, 0) is 9.59 Å². The van der Waals surface area contributed by atoms with Gasteiger partial charge in [0.05, 0.1) is 17.9 Å². The van der Waals surface area contributed by atoms with Gasteiger partial charge in [-0.2, -0.15) is 0 Å². The second kappa shape index (κ2) is 7.39. The lowest BCUT2D eigenvalue weighted by Crippen LogP contribution is -2.49. The molecular weight excluding hydrogens is 340 g/mol. The molecule has 2 amide bonds. The fourth-order valence-corrected chi connectivity index (χ4v) is 3.54. The summed E-state index contributed by atoms with van der Waals surface area (Å²) in [4.78, 5) is 31.4. The summed E-state index contributed by atoms with van der Waals surface area (Å²) in [6.45, 7) is 6.59. The molecule has 1 aliphatic heterocycles. The number of nitrogens with two attached hydrogens (primary N) is 1. The van der Waals surface area contributed by atoms with Gasteiger partial charge in [-0.05, 0) is 42.4 Å². The second-order valence-electron chi connectivity index (χ2n) is 7.94. The van der Waals surface area contributed by atoms with Crippen LogP contribution in [0.3, 0.4) is 0 Å². The molecule has 3 N–H and O–H groups in total. The minimum absolute atomic E-state index is 0.0272. The number of nitrogen functional groups attached to an aromatic ring is 1. The molecule has 1 aliphatic rings. The van der Waals surface area contributed by atoms with Gasteiger partial charge in [0, 0.05) is 6.54 Å². The van der Waals surface area contributed by atoms with Crippen LogP contribution in [0.25, 0.3) is 0 Å².